The van der Waals surface area contributed by atoms with Crippen molar-refractivity contribution in [1.82, 2.24) is 10.2 Å². The van der Waals surface area contributed by atoms with Crippen LogP contribution in [-0.2, 0) is 16.0 Å². The maximum absolute atomic E-state index is 11.8. The van der Waals surface area contributed by atoms with E-state index in [9.17, 15) is 9.59 Å². The van der Waals surface area contributed by atoms with E-state index in [0.717, 1.165) is 19.5 Å². The second-order valence-electron chi connectivity index (χ2n) is 4.60. The molecule has 0 saturated carbocycles. The molecule has 0 spiro atoms. The fourth-order valence-corrected chi connectivity index (χ4v) is 2.30. The molecule has 1 amide bonds. The van der Waals surface area contributed by atoms with E-state index in [4.69, 9.17) is 0 Å². The lowest BCUT2D eigenvalue weighted by molar-refractivity contribution is -0.145. The third-order valence-electron chi connectivity index (χ3n) is 3.23. The van der Waals surface area contributed by atoms with E-state index in [1.54, 1.807) is 4.90 Å². The summed E-state index contributed by atoms with van der Waals surface area (Å²) >= 11 is 0. The molecule has 1 aromatic carbocycles. The summed E-state index contributed by atoms with van der Waals surface area (Å²) in [6.45, 7) is 3.44. The Bertz CT molecular complexity index is 431. The molecule has 2 rings (SSSR count). The number of Topliss-reactive ketones (excluding diaryl/α,β-unsaturated/α-hetero) is 1. The van der Waals surface area contributed by atoms with Gasteiger partial charge in [-0.15, -0.1) is 0 Å². The highest BCUT2D eigenvalue weighted by atomic mass is 16.2. The Kier molecular flexibility index (Phi) is 4.10. The van der Waals surface area contributed by atoms with Crippen LogP contribution < -0.4 is 5.32 Å². The normalized spacial score (nSPS) is 19.6. The molecule has 0 aliphatic carbocycles. The number of piperazine rings is 1. The summed E-state index contributed by atoms with van der Waals surface area (Å²) in [5, 5.41) is 3.27. The van der Waals surface area contributed by atoms with E-state index in [2.05, 4.69) is 5.32 Å². The van der Waals surface area contributed by atoms with Gasteiger partial charge in [0.1, 0.15) is 0 Å². The number of carbonyl (C=O) groups is 2. The van der Waals surface area contributed by atoms with Crippen molar-refractivity contribution in [3.05, 3.63) is 35.9 Å². The summed E-state index contributed by atoms with van der Waals surface area (Å²) in [7, 11) is 0. The Morgan fingerprint density at radius 3 is 2.72 bits per heavy atom. The van der Waals surface area contributed by atoms with E-state index in [1.165, 1.54) is 12.5 Å². The van der Waals surface area contributed by atoms with Crippen molar-refractivity contribution in [2.45, 2.75) is 19.4 Å². The maximum atomic E-state index is 11.8. The maximum Gasteiger partial charge on any atom is 0.289 e. The Morgan fingerprint density at radius 2 is 2.06 bits per heavy atom. The van der Waals surface area contributed by atoms with Gasteiger partial charge in [0.15, 0.2) is 0 Å². The lowest BCUT2D eigenvalue weighted by Gasteiger charge is -2.35. The van der Waals surface area contributed by atoms with Gasteiger partial charge in [0.05, 0.1) is 0 Å². The molecule has 0 aromatic heterocycles. The van der Waals surface area contributed by atoms with E-state index in [0.29, 0.717) is 6.54 Å². The van der Waals surface area contributed by atoms with Gasteiger partial charge < -0.3 is 10.2 Å². The molecule has 96 valence electrons. The van der Waals surface area contributed by atoms with Crippen LogP contribution in [-0.4, -0.2) is 42.3 Å². The molecule has 18 heavy (non-hydrogen) atoms. The molecule has 1 aromatic rings. The molecule has 1 atom stereocenters. The molecule has 1 aliphatic rings. The molecule has 1 heterocycles. The third kappa shape index (κ3) is 2.96. The van der Waals surface area contributed by atoms with Gasteiger partial charge in [0, 0.05) is 32.6 Å². The van der Waals surface area contributed by atoms with Crippen molar-refractivity contribution in [2.24, 2.45) is 0 Å². The topological polar surface area (TPSA) is 49.4 Å². The van der Waals surface area contributed by atoms with E-state index >= 15 is 0 Å². The van der Waals surface area contributed by atoms with Gasteiger partial charge >= 0.3 is 0 Å². The van der Waals surface area contributed by atoms with Crippen LogP contribution in [0.5, 0.6) is 0 Å². The van der Waals surface area contributed by atoms with E-state index in [-0.39, 0.29) is 17.7 Å². The molecule has 0 radical (unpaired) electrons. The largest absolute Gasteiger partial charge is 0.330 e. The Morgan fingerprint density at radius 1 is 1.33 bits per heavy atom. The minimum Gasteiger partial charge on any atom is -0.330 e. The van der Waals surface area contributed by atoms with Gasteiger partial charge in [-0.05, 0) is 12.0 Å². The van der Waals surface area contributed by atoms with Crippen LogP contribution in [0.2, 0.25) is 0 Å². The minimum absolute atomic E-state index is 0.0672. The van der Waals surface area contributed by atoms with Crippen LogP contribution in [0.4, 0.5) is 0 Å². The van der Waals surface area contributed by atoms with Gasteiger partial charge in [0.2, 0.25) is 5.78 Å². The van der Waals surface area contributed by atoms with Crippen molar-refractivity contribution in [2.75, 3.05) is 19.6 Å². The summed E-state index contributed by atoms with van der Waals surface area (Å²) in [5.74, 6) is -0.743. The van der Waals surface area contributed by atoms with Gasteiger partial charge in [-0.2, -0.15) is 0 Å². The number of amides is 1. The fraction of sp³-hybridized carbons (Fsp3) is 0.429. The zero-order chi connectivity index (χ0) is 13.0. The molecule has 1 unspecified atom stereocenters. The molecular formula is C14H18N2O2. The first kappa shape index (κ1) is 12.8. The zero-order valence-corrected chi connectivity index (χ0v) is 10.6. The summed E-state index contributed by atoms with van der Waals surface area (Å²) in [4.78, 5) is 24.8. The van der Waals surface area contributed by atoms with Crippen molar-refractivity contribution in [1.29, 1.82) is 0 Å². The predicted molar refractivity (Wildman–Crippen MR) is 69.2 cm³/mol. The van der Waals surface area contributed by atoms with Crippen molar-refractivity contribution in [3.63, 3.8) is 0 Å². The van der Waals surface area contributed by atoms with Crippen LogP contribution in [0, 0.1) is 0 Å². The van der Waals surface area contributed by atoms with Gasteiger partial charge in [-0.3, -0.25) is 9.59 Å². The van der Waals surface area contributed by atoms with Crippen molar-refractivity contribution >= 4 is 11.7 Å². The summed E-state index contributed by atoms with van der Waals surface area (Å²) in [5.41, 5.74) is 1.19. The van der Waals surface area contributed by atoms with Crippen molar-refractivity contribution < 1.29 is 9.59 Å². The smallest absolute Gasteiger partial charge is 0.289 e. The number of hydrogen-bond acceptors (Lipinski definition) is 3. The SMILES string of the molecule is CC(=O)C(=O)N1CCNCC1Cc1ccccc1. The van der Waals surface area contributed by atoms with E-state index in [1.807, 2.05) is 30.3 Å². The average Bonchev–Trinajstić information content (AvgIpc) is 2.39. The molecule has 1 saturated heterocycles. The quantitative estimate of drug-likeness (QED) is 0.795. The molecule has 4 nitrogen and oxygen atoms in total. The summed E-state index contributed by atoms with van der Waals surface area (Å²) in [6.07, 6.45) is 0.785. The number of rotatable bonds is 3. The number of nitrogens with zero attached hydrogens (tertiary/aromatic N) is 1. The molecule has 1 aliphatic heterocycles. The van der Waals surface area contributed by atoms with E-state index < -0.39 is 0 Å². The Balaban J connectivity index is 2.09. The summed E-state index contributed by atoms with van der Waals surface area (Å²) < 4.78 is 0. The number of nitrogens with one attached hydrogen (secondary N) is 1. The molecule has 0 bridgehead atoms. The fourth-order valence-electron chi connectivity index (χ4n) is 2.30. The highest BCUT2D eigenvalue weighted by Gasteiger charge is 2.28. The number of carbonyl (C=O) groups excluding carboxylic acids is 2. The first-order valence-corrected chi connectivity index (χ1v) is 6.24. The lowest BCUT2D eigenvalue weighted by Crippen LogP contribution is -2.55. The van der Waals surface area contributed by atoms with Crippen molar-refractivity contribution in [3.8, 4) is 0 Å². The standard InChI is InChI=1S/C14H18N2O2/c1-11(17)14(18)16-8-7-15-10-13(16)9-12-5-3-2-4-6-12/h2-6,13,15H,7-10H2,1H3. The zero-order valence-electron chi connectivity index (χ0n) is 10.6. The Labute approximate surface area is 107 Å². The highest BCUT2D eigenvalue weighted by molar-refractivity contribution is 6.35. The second kappa shape index (κ2) is 5.78. The van der Waals surface area contributed by atoms with Crippen LogP contribution in [0.1, 0.15) is 12.5 Å². The number of hydrogen-bond donors (Lipinski definition) is 1. The van der Waals surface area contributed by atoms with Gasteiger partial charge in [0.25, 0.3) is 5.91 Å². The van der Waals surface area contributed by atoms with Crippen LogP contribution >= 0.6 is 0 Å². The second-order valence-corrected chi connectivity index (χ2v) is 4.60. The third-order valence-corrected chi connectivity index (χ3v) is 3.23. The first-order valence-electron chi connectivity index (χ1n) is 6.24. The predicted octanol–water partition coefficient (Wildman–Crippen LogP) is 0.619. The van der Waals surface area contributed by atoms with Crippen LogP contribution in [0.25, 0.3) is 0 Å². The Hall–Kier alpha value is -1.68. The molecule has 4 heteroatoms. The summed E-state index contributed by atoms with van der Waals surface area (Å²) in [6, 6.07) is 10.1. The van der Waals surface area contributed by atoms with Crippen LogP contribution in [0.15, 0.2) is 30.3 Å². The minimum atomic E-state index is -0.380. The first-order chi connectivity index (χ1) is 8.68. The lowest BCUT2D eigenvalue weighted by atomic mass is 10.0. The molecular weight excluding hydrogens is 228 g/mol. The molecule has 1 fully saturated rings. The van der Waals surface area contributed by atoms with Gasteiger partial charge in [-0.1, -0.05) is 30.3 Å². The number of benzene rings is 1. The highest BCUT2D eigenvalue weighted by Crippen LogP contribution is 2.11. The van der Waals surface area contributed by atoms with Crippen LogP contribution in [0.3, 0.4) is 0 Å². The monoisotopic (exact) mass is 246 g/mol. The van der Waals surface area contributed by atoms with Gasteiger partial charge in [-0.25, -0.2) is 0 Å². The number of ketones is 1. The molecule has 1 N–H and O–H groups in total. The average molecular weight is 246 g/mol.